The molecule has 2 atom stereocenters. The molecule has 0 aromatic heterocycles. The molecule has 2 nitrogen and oxygen atoms in total. The number of rotatable bonds is 4. The van der Waals surface area contributed by atoms with Gasteiger partial charge in [-0.25, -0.2) is 4.39 Å². The molecule has 2 aromatic rings. The maximum absolute atomic E-state index is 13.9. The van der Waals surface area contributed by atoms with Gasteiger partial charge in [0.1, 0.15) is 5.82 Å². The Balaban J connectivity index is 0.00000220. The number of aryl methyl sites for hydroxylation is 1. The molecule has 5 heteroatoms. The van der Waals surface area contributed by atoms with Gasteiger partial charge in [0.15, 0.2) is 0 Å². The van der Waals surface area contributed by atoms with Gasteiger partial charge >= 0.3 is 0 Å². The molecule has 3 N–H and O–H groups in total. The van der Waals surface area contributed by atoms with E-state index < -0.39 is 18.0 Å². The highest BCUT2D eigenvalue weighted by molar-refractivity contribution is 6.32. The average molecular weight is 330 g/mol. The van der Waals surface area contributed by atoms with Gasteiger partial charge in [-0.1, -0.05) is 48.0 Å². The molecule has 0 amide bonds. The van der Waals surface area contributed by atoms with E-state index in [0.717, 1.165) is 11.1 Å². The summed E-state index contributed by atoms with van der Waals surface area (Å²) in [7, 11) is 0. The van der Waals surface area contributed by atoms with Crippen molar-refractivity contribution in [3.63, 3.8) is 0 Å². The molecule has 0 bridgehead atoms. The van der Waals surface area contributed by atoms with Crippen LogP contribution in [0.25, 0.3) is 0 Å². The third kappa shape index (κ3) is 4.17. The summed E-state index contributed by atoms with van der Waals surface area (Å²) in [5, 5.41) is 10.5. The van der Waals surface area contributed by atoms with E-state index in [4.69, 9.17) is 17.3 Å². The second kappa shape index (κ2) is 7.76. The van der Waals surface area contributed by atoms with E-state index in [2.05, 4.69) is 0 Å². The highest BCUT2D eigenvalue weighted by Crippen LogP contribution is 2.30. The van der Waals surface area contributed by atoms with Crippen LogP contribution >= 0.6 is 24.0 Å². The average Bonchev–Trinajstić information content (AvgIpc) is 2.44. The zero-order valence-corrected chi connectivity index (χ0v) is 13.2. The fraction of sp³-hybridized carbons (Fsp3) is 0.250. The van der Waals surface area contributed by atoms with E-state index in [0.29, 0.717) is 6.42 Å². The minimum Gasteiger partial charge on any atom is -0.391 e. The van der Waals surface area contributed by atoms with Crippen LogP contribution in [0.15, 0.2) is 42.5 Å². The van der Waals surface area contributed by atoms with Crippen LogP contribution in [0.4, 0.5) is 4.39 Å². The van der Waals surface area contributed by atoms with Crippen LogP contribution in [0.1, 0.15) is 22.7 Å². The van der Waals surface area contributed by atoms with E-state index in [9.17, 15) is 9.50 Å². The first-order valence-electron chi connectivity index (χ1n) is 6.42. The molecular weight excluding hydrogens is 312 g/mol. The van der Waals surface area contributed by atoms with Crippen LogP contribution in [-0.4, -0.2) is 11.2 Å². The van der Waals surface area contributed by atoms with Crippen LogP contribution in [0, 0.1) is 12.7 Å². The molecule has 0 heterocycles. The summed E-state index contributed by atoms with van der Waals surface area (Å²) in [6, 6.07) is 11.5. The Morgan fingerprint density at radius 1 is 1.19 bits per heavy atom. The van der Waals surface area contributed by atoms with Crippen molar-refractivity contribution >= 4 is 24.0 Å². The quantitative estimate of drug-likeness (QED) is 0.895. The standard InChI is InChI=1S/C16H17ClFNO.ClH/c1-10-7-8-12(18)14(15(10)17)16(19)13(20)9-11-5-3-2-4-6-11;/h2-8,13,16,20H,9,19H2,1H3;1H/t13-,16-;/m1./s1. The van der Waals surface area contributed by atoms with Crippen LogP contribution in [0.5, 0.6) is 0 Å². The fourth-order valence-electron chi connectivity index (χ4n) is 2.16. The van der Waals surface area contributed by atoms with Crippen molar-refractivity contribution in [1.29, 1.82) is 0 Å². The SMILES string of the molecule is Cc1ccc(F)c([C@H](N)[C@H](O)Cc2ccccc2)c1Cl.Cl. The van der Waals surface area contributed by atoms with Crippen molar-refractivity contribution in [2.45, 2.75) is 25.5 Å². The van der Waals surface area contributed by atoms with Crippen molar-refractivity contribution in [2.75, 3.05) is 0 Å². The topological polar surface area (TPSA) is 46.2 Å². The second-order valence-electron chi connectivity index (χ2n) is 4.87. The lowest BCUT2D eigenvalue weighted by molar-refractivity contribution is 0.143. The zero-order chi connectivity index (χ0) is 14.7. The Kier molecular flexibility index (Phi) is 6.62. The third-order valence-electron chi connectivity index (χ3n) is 3.36. The summed E-state index contributed by atoms with van der Waals surface area (Å²) in [5.74, 6) is -0.486. The number of halogens is 3. The van der Waals surface area contributed by atoms with Crippen LogP contribution in [0.3, 0.4) is 0 Å². The van der Waals surface area contributed by atoms with Gasteiger partial charge in [0.2, 0.25) is 0 Å². The largest absolute Gasteiger partial charge is 0.391 e. The minimum atomic E-state index is -0.897. The normalized spacial score (nSPS) is 13.4. The van der Waals surface area contributed by atoms with Gasteiger partial charge in [0, 0.05) is 12.0 Å². The monoisotopic (exact) mass is 329 g/mol. The maximum Gasteiger partial charge on any atom is 0.129 e. The summed E-state index contributed by atoms with van der Waals surface area (Å²) in [6.07, 6.45) is -0.544. The fourth-order valence-corrected chi connectivity index (χ4v) is 2.44. The lowest BCUT2D eigenvalue weighted by atomic mass is 9.95. The lowest BCUT2D eigenvalue weighted by Gasteiger charge is -2.21. The molecule has 2 rings (SSSR count). The first-order valence-corrected chi connectivity index (χ1v) is 6.80. The molecule has 2 aromatic carbocycles. The molecular formula is C16H18Cl2FNO. The predicted octanol–water partition coefficient (Wildman–Crippen LogP) is 3.81. The number of nitrogens with two attached hydrogens (primary N) is 1. The van der Waals surface area contributed by atoms with Crippen molar-refractivity contribution in [1.82, 2.24) is 0 Å². The lowest BCUT2D eigenvalue weighted by Crippen LogP contribution is -2.29. The number of aliphatic hydroxyl groups is 1. The van der Waals surface area contributed by atoms with Gasteiger partial charge in [0.25, 0.3) is 0 Å². The van der Waals surface area contributed by atoms with E-state index in [-0.39, 0.29) is 23.0 Å². The first kappa shape index (κ1) is 17.9. The molecule has 0 unspecified atom stereocenters. The summed E-state index contributed by atoms with van der Waals surface area (Å²) in [4.78, 5) is 0. The van der Waals surface area contributed by atoms with Crippen molar-refractivity contribution < 1.29 is 9.50 Å². The third-order valence-corrected chi connectivity index (χ3v) is 3.86. The van der Waals surface area contributed by atoms with E-state index >= 15 is 0 Å². The van der Waals surface area contributed by atoms with Crippen LogP contribution in [-0.2, 0) is 6.42 Å². The number of benzene rings is 2. The number of hydrogen-bond acceptors (Lipinski definition) is 2. The Morgan fingerprint density at radius 3 is 2.43 bits per heavy atom. The summed E-state index contributed by atoms with van der Waals surface area (Å²) >= 11 is 6.11. The Bertz CT molecular complexity index is 592. The molecule has 0 fully saturated rings. The molecule has 114 valence electrons. The van der Waals surface area contributed by atoms with E-state index in [1.165, 1.54) is 6.07 Å². The van der Waals surface area contributed by atoms with Crippen LogP contribution in [0.2, 0.25) is 5.02 Å². The summed E-state index contributed by atoms with van der Waals surface area (Å²) in [6.45, 7) is 1.78. The van der Waals surface area contributed by atoms with Crippen LogP contribution < -0.4 is 5.73 Å². The number of aliphatic hydroxyl groups excluding tert-OH is 1. The predicted molar refractivity (Wildman–Crippen MR) is 86.5 cm³/mol. The first-order chi connectivity index (χ1) is 9.50. The molecule has 0 aliphatic carbocycles. The van der Waals surface area contributed by atoms with Crippen molar-refractivity contribution in [3.05, 3.63) is 70.0 Å². The summed E-state index contributed by atoms with van der Waals surface area (Å²) < 4.78 is 13.9. The van der Waals surface area contributed by atoms with Gasteiger partial charge in [-0.15, -0.1) is 12.4 Å². The van der Waals surface area contributed by atoms with Gasteiger partial charge in [-0.05, 0) is 24.1 Å². The molecule has 0 spiro atoms. The Morgan fingerprint density at radius 2 is 1.81 bits per heavy atom. The van der Waals surface area contributed by atoms with E-state index in [1.54, 1.807) is 13.0 Å². The van der Waals surface area contributed by atoms with Gasteiger partial charge in [-0.3, -0.25) is 0 Å². The highest BCUT2D eigenvalue weighted by atomic mass is 35.5. The Labute approximate surface area is 135 Å². The molecule has 0 saturated carbocycles. The smallest absolute Gasteiger partial charge is 0.129 e. The highest BCUT2D eigenvalue weighted by Gasteiger charge is 2.23. The molecule has 0 aliphatic heterocycles. The molecule has 0 aliphatic rings. The zero-order valence-electron chi connectivity index (χ0n) is 11.6. The molecule has 21 heavy (non-hydrogen) atoms. The van der Waals surface area contributed by atoms with Crippen molar-refractivity contribution in [3.8, 4) is 0 Å². The second-order valence-corrected chi connectivity index (χ2v) is 5.25. The minimum absolute atomic E-state index is 0. The van der Waals surface area contributed by atoms with E-state index in [1.807, 2.05) is 30.3 Å². The van der Waals surface area contributed by atoms with Gasteiger partial charge in [0.05, 0.1) is 17.2 Å². The summed E-state index contributed by atoms with van der Waals surface area (Å²) in [5.41, 5.74) is 7.84. The van der Waals surface area contributed by atoms with Crippen molar-refractivity contribution in [2.24, 2.45) is 5.73 Å². The molecule has 0 radical (unpaired) electrons. The Hall–Kier alpha value is -1.13. The maximum atomic E-state index is 13.9. The van der Waals surface area contributed by atoms with Gasteiger partial charge in [-0.2, -0.15) is 0 Å². The van der Waals surface area contributed by atoms with Gasteiger partial charge < -0.3 is 10.8 Å². The number of hydrogen-bond donors (Lipinski definition) is 2. The molecule has 0 saturated heterocycles.